The first-order valence-corrected chi connectivity index (χ1v) is 11.0. The van der Waals surface area contributed by atoms with Crippen molar-refractivity contribution in [3.8, 4) is 5.75 Å². The van der Waals surface area contributed by atoms with Crippen LogP contribution in [0.3, 0.4) is 0 Å². The molecule has 1 amide bonds. The fraction of sp³-hybridized carbons (Fsp3) is 0.480. The van der Waals surface area contributed by atoms with Gasteiger partial charge in [0.15, 0.2) is 0 Å². The van der Waals surface area contributed by atoms with Gasteiger partial charge >= 0.3 is 0 Å². The van der Waals surface area contributed by atoms with Crippen LogP contribution >= 0.6 is 0 Å². The zero-order valence-electron chi connectivity index (χ0n) is 17.9. The third-order valence-corrected chi connectivity index (χ3v) is 6.43. The molecule has 2 atom stereocenters. The minimum absolute atomic E-state index is 0.255. The fourth-order valence-electron chi connectivity index (χ4n) is 5.14. The van der Waals surface area contributed by atoms with Crippen LogP contribution in [0.25, 0.3) is 21.8 Å². The molecule has 2 aromatic carbocycles. The van der Waals surface area contributed by atoms with E-state index in [0.29, 0.717) is 18.6 Å². The van der Waals surface area contributed by atoms with E-state index in [9.17, 15) is 4.79 Å². The van der Waals surface area contributed by atoms with E-state index in [1.165, 1.54) is 10.8 Å². The van der Waals surface area contributed by atoms with Crippen LogP contribution in [0.5, 0.6) is 5.75 Å². The SMILES string of the molecule is CCC[C@@H]1CC[C@@H](CCC)N1C(=O)Cn1c2ccccc2c2ccc(OC)cc21. The number of carbonyl (C=O) groups excluding carboxylic acids is 1. The first-order valence-electron chi connectivity index (χ1n) is 11.0. The number of nitrogens with zero attached hydrogens (tertiary/aromatic N) is 2. The van der Waals surface area contributed by atoms with Crippen molar-refractivity contribution < 1.29 is 9.53 Å². The summed E-state index contributed by atoms with van der Waals surface area (Å²) in [6.07, 6.45) is 6.75. The molecule has 4 heteroatoms. The molecule has 4 nitrogen and oxygen atoms in total. The van der Waals surface area contributed by atoms with Gasteiger partial charge < -0.3 is 14.2 Å². The van der Waals surface area contributed by atoms with Crippen molar-refractivity contribution in [1.29, 1.82) is 0 Å². The van der Waals surface area contributed by atoms with E-state index >= 15 is 0 Å². The van der Waals surface area contributed by atoms with E-state index in [4.69, 9.17) is 4.74 Å². The van der Waals surface area contributed by atoms with E-state index in [0.717, 1.165) is 55.3 Å². The van der Waals surface area contributed by atoms with Crippen molar-refractivity contribution >= 4 is 27.7 Å². The van der Waals surface area contributed by atoms with Crippen LogP contribution in [0.4, 0.5) is 0 Å². The number of ether oxygens (including phenoxy) is 1. The lowest BCUT2D eigenvalue weighted by molar-refractivity contribution is -0.134. The number of amides is 1. The third-order valence-electron chi connectivity index (χ3n) is 6.43. The van der Waals surface area contributed by atoms with Crippen LogP contribution in [-0.4, -0.2) is 34.6 Å². The molecule has 1 saturated heterocycles. The number of rotatable bonds is 7. The van der Waals surface area contributed by atoms with Crippen molar-refractivity contribution in [3.63, 3.8) is 0 Å². The molecule has 0 spiro atoms. The standard InChI is InChI=1S/C25H32N2O2/c1-4-8-18-12-13-19(9-5-2)27(18)25(28)17-26-23-11-7-6-10-21(23)22-15-14-20(29-3)16-24(22)26/h6-7,10-11,14-16,18-19H,4-5,8-9,12-13,17H2,1-3H3/t18-,19-/m1/s1. The molecular weight excluding hydrogens is 360 g/mol. The van der Waals surface area contributed by atoms with Crippen LogP contribution in [-0.2, 0) is 11.3 Å². The van der Waals surface area contributed by atoms with E-state index in [-0.39, 0.29) is 5.91 Å². The molecule has 1 fully saturated rings. The predicted molar refractivity (Wildman–Crippen MR) is 119 cm³/mol. The largest absolute Gasteiger partial charge is 0.497 e. The maximum Gasteiger partial charge on any atom is 0.243 e. The summed E-state index contributed by atoms with van der Waals surface area (Å²) >= 11 is 0. The quantitative estimate of drug-likeness (QED) is 0.512. The summed E-state index contributed by atoms with van der Waals surface area (Å²) in [5.41, 5.74) is 2.18. The Morgan fingerprint density at radius 2 is 1.62 bits per heavy atom. The predicted octanol–water partition coefficient (Wildman–Crippen LogP) is 5.76. The van der Waals surface area contributed by atoms with Crippen molar-refractivity contribution in [2.45, 2.75) is 71.0 Å². The highest BCUT2D eigenvalue weighted by atomic mass is 16.5. The number of methoxy groups -OCH3 is 1. The Bertz CT molecular complexity index is 993. The Morgan fingerprint density at radius 1 is 0.966 bits per heavy atom. The minimum atomic E-state index is 0.255. The number of carbonyl (C=O) groups is 1. The molecule has 1 aromatic heterocycles. The van der Waals surface area contributed by atoms with Gasteiger partial charge in [0.2, 0.25) is 5.91 Å². The number of aromatic nitrogens is 1. The maximum absolute atomic E-state index is 13.6. The monoisotopic (exact) mass is 392 g/mol. The average Bonchev–Trinajstić information content (AvgIpc) is 3.27. The molecule has 1 aliphatic rings. The first-order chi connectivity index (χ1) is 14.2. The molecular formula is C25H32N2O2. The second-order valence-electron chi connectivity index (χ2n) is 8.25. The molecule has 29 heavy (non-hydrogen) atoms. The van der Waals surface area contributed by atoms with Crippen LogP contribution in [0.1, 0.15) is 52.4 Å². The van der Waals surface area contributed by atoms with E-state index in [2.05, 4.69) is 59.7 Å². The van der Waals surface area contributed by atoms with Crippen molar-refractivity contribution in [3.05, 3.63) is 42.5 Å². The Balaban J connectivity index is 1.74. The normalized spacial score (nSPS) is 19.3. The third kappa shape index (κ3) is 3.61. The van der Waals surface area contributed by atoms with Gasteiger partial charge in [-0.15, -0.1) is 0 Å². The molecule has 0 unspecified atom stereocenters. The highest BCUT2D eigenvalue weighted by Gasteiger charge is 2.35. The second-order valence-corrected chi connectivity index (χ2v) is 8.25. The van der Waals surface area contributed by atoms with E-state index in [1.807, 2.05) is 6.07 Å². The Kier molecular flexibility index (Phi) is 5.79. The fourth-order valence-corrected chi connectivity index (χ4v) is 5.14. The van der Waals surface area contributed by atoms with Gasteiger partial charge in [0.05, 0.1) is 12.6 Å². The topological polar surface area (TPSA) is 34.5 Å². The lowest BCUT2D eigenvalue weighted by Gasteiger charge is -2.31. The molecule has 154 valence electrons. The van der Waals surface area contributed by atoms with Gasteiger partial charge in [-0.25, -0.2) is 0 Å². The van der Waals surface area contributed by atoms with Crippen molar-refractivity contribution in [1.82, 2.24) is 9.47 Å². The van der Waals surface area contributed by atoms with Crippen molar-refractivity contribution in [2.24, 2.45) is 0 Å². The van der Waals surface area contributed by atoms with Crippen molar-refractivity contribution in [2.75, 3.05) is 7.11 Å². The van der Waals surface area contributed by atoms with Gasteiger partial charge in [0, 0.05) is 34.4 Å². The number of para-hydroxylation sites is 1. The van der Waals surface area contributed by atoms with Gasteiger partial charge in [-0.1, -0.05) is 44.9 Å². The summed E-state index contributed by atoms with van der Waals surface area (Å²) < 4.78 is 7.65. The highest BCUT2D eigenvalue weighted by Crippen LogP contribution is 2.34. The van der Waals surface area contributed by atoms with Gasteiger partial charge in [0.1, 0.15) is 12.3 Å². The number of hydrogen-bond donors (Lipinski definition) is 0. The van der Waals surface area contributed by atoms with Crippen LogP contribution in [0.15, 0.2) is 42.5 Å². The van der Waals surface area contributed by atoms with Crippen LogP contribution in [0.2, 0.25) is 0 Å². The highest BCUT2D eigenvalue weighted by molar-refractivity contribution is 6.09. The summed E-state index contributed by atoms with van der Waals surface area (Å²) in [5.74, 6) is 1.08. The Labute approximate surface area is 173 Å². The Morgan fingerprint density at radius 3 is 2.28 bits per heavy atom. The minimum Gasteiger partial charge on any atom is -0.497 e. The number of likely N-dealkylation sites (tertiary alicyclic amines) is 1. The van der Waals surface area contributed by atoms with Gasteiger partial charge in [-0.05, 0) is 43.9 Å². The van der Waals surface area contributed by atoms with Crippen LogP contribution < -0.4 is 4.74 Å². The molecule has 3 aromatic rings. The number of hydrogen-bond acceptors (Lipinski definition) is 2. The zero-order chi connectivity index (χ0) is 20.4. The van der Waals surface area contributed by atoms with Gasteiger partial charge in [-0.3, -0.25) is 4.79 Å². The molecule has 0 aliphatic carbocycles. The summed E-state index contributed by atoms with van der Waals surface area (Å²) in [4.78, 5) is 15.8. The second kappa shape index (κ2) is 8.48. The smallest absolute Gasteiger partial charge is 0.243 e. The molecule has 0 radical (unpaired) electrons. The lowest BCUT2D eigenvalue weighted by Crippen LogP contribution is -2.42. The van der Waals surface area contributed by atoms with E-state index in [1.54, 1.807) is 7.11 Å². The van der Waals surface area contributed by atoms with Gasteiger partial charge in [-0.2, -0.15) is 0 Å². The Hall–Kier alpha value is -2.49. The lowest BCUT2D eigenvalue weighted by atomic mass is 10.1. The molecule has 4 rings (SSSR count). The number of fused-ring (bicyclic) bond motifs is 3. The summed E-state index contributed by atoms with van der Waals surface area (Å²) in [7, 11) is 1.69. The average molecular weight is 393 g/mol. The molecule has 0 saturated carbocycles. The first kappa shape index (κ1) is 19.8. The molecule has 2 heterocycles. The zero-order valence-corrected chi connectivity index (χ0v) is 17.9. The number of benzene rings is 2. The van der Waals surface area contributed by atoms with Crippen LogP contribution in [0, 0.1) is 0 Å². The molecule has 0 bridgehead atoms. The van der Waals surface area contributed by atoms with E-state index < -0.39 is 0 Å². The summed E-state index contributed by atoms with van der Waals surface area (Å²) in [6, 6.07) is 15.3. The summed E-state index contributed by atoms with van der Waals surface area (Å²) in [5, 5.41) is 2.36. The molecule has 0 N–H and O–H groups in total. The molecule has 1 aliphatic heterocycles. The van der Waals surface area contributed by atoms with Gasteiger partial charge in [0.25, 0.3) is 0 Å². The summed E-state index contributed by atoms with van der Waals surface area (Å²) in [6.45, 7) is 4.82. The maximum atomic E-state index is 13.6.